The molecule has 1 fully saturated rings. The molecule has 2 N–H and O–H groups in total. The zero-order chi connectivity index (χ0) is 16.8. The number of ether oxygens (including phenoxy) is 1. The summed E-state index contributed by atoms with van der Waals surface area (Å²) >= 11 is 0.962. The van der Waals surface area contributed by atoms with E-state index in [-0.39, 0.29) is 22.7 Å². The maximum atomic E-state index is 12.1. The number of thiophene rings is 1. The van der Waals surface area contributed by atoms with Crippen molar-refractivity contribution in [2.24, 2.45) is 0 Å². The number of nitrogens with one attached hydrogen (secondary N) is 1. The third-order valence-corrected chi connectivity index (χ3v) is 4.82. The van der Waals surface area contributed by atoms with Crippen LogP contribution in [0.15, 0.2) is 12.1 Å². The molecule has 1 aromatic rings. The molecule has 0 aliphatic carbocycles. The number of hydrogen-bond acceptors (Lipinski definition) is 5. The van der Waals surface area contributed by atoms with E-state index in [4.69, 9.17) is 9.84 Å². The Kier molecular flexibility index (Phi) is 6.12. The van der Waals surface area contributed by atoms with Gasteiger partial charge in [0.1, 0.15) is 4.88 Å². The minimum Gasteiger partial charge on any atom is -0.477 e. The van der Waals surface area contributed by atoms with Crippen molar-refractivity contribution in [3.63, 3.8) is 0 Å². The summed E-state index contributed by atoms with van der Waals surface area (Å²) in [5.74, 6) is -1.22. The van der Waals surface area contributed by atoms with Crippen LogP contribution in [0.5, 0.6) is 0 Å². The topological polar surface area (TPSA) is 95.9 Å². The van der Waals surface area contributed by atoms with Crippen LogP contribution in [-0.4, -0.2) is 60.6 Å². The van der Waals surface area contributed by atoms with Gasteiger partial charge in [0, 0.05) is 26.2 Å². The molecule has 0 atom stereocenters. The number of carbonyl (C=O) groups is 3. The fourth-order valence-electron chi connectivity index (χ4n) is 2.45. The maximum absolute atomic E-state index is 12.1. The SMILES string of the molecule is COCCC(=O)N1CCC(NC(=O)c2ccc(C(=O)O)s2)CC1. The molecule has 1 aromatic heterocycles. The molecule has 23 heavy (non-hydrogen) atoms. The summed E-state index contributed by atoms with van der Waals surface area (Å²) in [4.78, 5) is 37.2. The summed E-state index contributed by atoms with van der Waals surface area (Å²) in [6, 6.07) is 2.95. The summed E-state index contributed by atoms with van der Waals surface area (Å²) in [6.45, 7) is 1.64. The Labute approximate surface area is 138 Å². The second-order valence-electron chi connectivity index (χ2n) is 5.34. The molecule has 1 aliphatic heterocycles. The van der Waals surface area contributed by atoms with Gasteiger partial charge in [-0.15, -0.1) is 11.3 Å². The average molecular weight is 340 g/mol. The van der Waals surface area contributed by atoms with Gasteiger partial charge in [0.25, 0.3) is 5.91 Å². The summed E-state index contributed by atoms with van der Waals surface area (Å²) in [6.07, 6.45) is 1.77. The Morgan fingerprint density at radius 3 is 2.52 bits per heavy atom. The van der Waals surface area contributed by atoms with Crippen LogP contribution < -0.4 is 5.32 Å². The van der Waals surface area contributed by atoms with Crippen LogP contribution in [-0.2, 0) is 9.53 Å². The molecule has 8 heteroatoms. The monoisotopic (exact) mass is 340 g/mol. The van der Waals surface area contributed by atoms with E-state index < -0.39 is 5.97 Å². The summed E-state index contributed by atoms with van der Waals surface area (Å²) in [7, 11) is 1.56. The number of carbonyl (C=O) groups excluding carboxylic acids is 2. The lowest BCUT2D eigenvalue weighted by Gasteiger charge is -2.32. The fraction of sp³-hybridized carbons (Fsp3) is 0.533. The summed E-state index contributed by atoms with van der Waals surface area (Å²) in [5.41, 5.74) is 0. The van der Waals surface area contributed by atoms with Crippen molar-refractivity contribution < 1.29 is 24.2 Å². The van der Waals surface area contributed by atoms with E-state index in [2.05, 4.69) is 5.32 Å². The van der Waals surface area contributed by atoms with Crippen LogP contribution in [0.1, 0.15) is 38.6 Å². The third-order valence-electron chi connectivity index (χ3n) is 3.74. The molecule has 1 saturated heterocycles. The highest BCUT2D eigenvalue weighted by Crippen LogP contribution is 2.18. The normalized spacial score (nSPS) is 15.4. The number of likely N-dealkylation sites (tertiary alicyclic amines) is 1. The summed E-state index contributed by atoms with van der Waals surface area (Å²) in [5, 5.41) is 11.8. The zero-order valence-corrected chi connectivity index (χ0v) is 13.7. The molecule has 0 saturated carbocycles. The highest BCUT2D eigenvalue weighted by atomic mass is 32.1. The van der Waals surface area contributed by atoms with Crippen LogP contribution >= 0.6 is 11.3 Å². The number of carboxylic acid groups (broad SMARTS) is 1. The average Bonchev–Trinajstić information content (AvgIpc) is 3.03. The number of rotatable bonds is 6. The zero-order valence-electron chi connectivity index (χ0n) is 12.9. The van der Waals surface area contributed by atoms with Gasteiger partial charge < -0.3 is 20.1 Å². The van der Waals surface area contributed by atoms with Gasteiger partial charge in [-0.3, -0.25) is 9.59 Å². The van der Waals surface area contributed by atoms with Crippen molar-refractivity contribution in [3.05, 3.63) is 21.9 Å². The molecule has 126 valence electrons. The first kappa shape index (κ1) is 17.4. The Bertz CT molecular complexity index is 578. The first-order chi connectivity index (χ1) is 11.0. The first-order valence-electron chi connectivity index (χ1n) is 7.42. The Morgan fingerprint density at radius 2 is 1.96 bits per heavy atom. The van der Waals surface area contributed by atoms with Crippen molar-refractivity contribution in [1.29, 1.82) is 0 Å². The number of methoxy groups -OCH3 is 1. The molecule has 0 spiro atoms. The number of nitrogens with zero attached hydrogens (tertiary/aromatic N) is 1. The number of aromatic carboxylic acids is 1. The highest BCUT2D eigenvalue weighted by molar-refractivity contribution is 7.15. The molecule has 0 unspecified atom stereocenters. The van der Waals surface area contributed by atoms with Crippen LogP contribution in [0.2, 0.25) is 0 Å². The molecular formula is C15H20N2O5S. The minimum atomic E-state index is -1.03. The maximum Gasteiger partial charge on any atom is 0.345 e. The van der Waals surface area contributed by atoms with E-state index in [0.29, 0.717) is 43.8 Å². The number of hydrogen-bond donors (Lipinski definition) is 2. The molecule has 2 rings (SSSR count). The Hall–Kier alpha value is -1.93. The molecule has 2 heterocycles. The third kappa shape index (κ3) is 4.77. The second kappa shape index (κ2) is 8.07. The number of amides is 2. The summed E-state index contributed by atoms with van der Waals surface area (Å²) < 4.78 is 4.90. The van der Waals surface area contributed by atoms with E-state index in [1.165, 1.54) is 12.1 Å². The van der Waals surface area contributed by atoms with Crippen molar-refractivity contribution in [3.8, 4) is 0 Å². The van der Waals surface area contributed by atoms with E-state index in [9.17, 15) is 14.4 Å². The number of piperidine rings is 1. The van der Waals surface area contributed by atoms with Gasteiger partial charge in [-0.25, -0.2) is 4.79 Å². The van der Waals surface area contributed by atoms with E-state index in [1.54, 1.807) is 12.0 Å². The van der Waals surface area contributed by atoms with Gasteiger partial charge in [0.15, 0.2) is 0 Å². The van der Waals surface area contributed by atoms with Gasteiger partial charge in [0.05, 0.1) is 17.9 Å². The van der Waals surface area contributed by atoms with Crippen LogP contribution in [0.3, 0.4) is 0 Å². The predicted molar refractivity (Wildman–Crippen MR) is 84.8 cm³/mol. The largest absolute Gasteiger partial charge is 0.477 e. The van der Waals surface area contributed by atoms with Crippen LogP contribution in [0.25, 0.3) is 0 Å². The van der Waals surface area contributed by atoms with Crippen molar-refractivity contribution >= 4 is 29.1 Å². The van der Waals surface area contributed by atoms with Gasteiger partial charge in [0.2, 0.25) is 5.91 Å². The standard InChI is InChI=1S/C15H20N2O5S/c1-22-9-6-13(18)17-7-4-10(5-8-17)16-14(19)11-2-3-12(23-11)15(20)21/h2-3,10H,4-9H2,1H3,(H,16,19)(H,20,21). The van der Waals surface area contributed by atoms with Crippen LogP contribution in [0.4, 0.5) is 0 Å². The highest BCUT2D eigenvalue weighted by Gasteiger charge is 2.24. The molecule has 0 radical (unpaired) electrons. The lowest BCUT2D eigenvalue weighted by atomic mass is 10.0. The predicted octanol–water partition coefficient (Wildman–Crippen LogP) is 1.20. The molecule has 7 nitrogen and oxygen atoms in total. The van der Waals surface area contributed by atoms with E-state index >= 15 is 0 Å². The van der Waals surface area contributed by atoms with Gasteiger partial charge >= 0.3 is 5.97 Å². The fourth-order valence-corrected chi connectivity index (χ4v) is 3.20. The van der Waals surface area contributed by atoms with Crippen LogP contribution in [0, 0.1) is 0 Å². The van der Waals surface area contributed by atoms with E-state index in [0.717, 1.165) is 11.3 Å². The van der Waals surface area contributed by atoms with Gasteiger partial charge in [-0.1, -0.05) is 0 Å². The first-order valence-corrected chi connectivity index (χ1v) is 8.23. The second-order valence-corrected chi connectivity index (χ2v) is 6.42. The smallest absolute Gasteiger partial charge is 0.345 e. The molecule has 1 aliphatic rings. The molecular weight excluding hydrogens is 320 g/mol. The van der Waals surface area contributed by atoms with E-state index in [1.807, 2.05) is 0 Å². The lowest BCUT2D eigenvalue weighted by molar-refractivity contribution is -0.133. The van der Waals surface area contributed by atoms with Crippen molar-refractivity contribution in [2.45, 2.75) is 25.3 Å². The Morgan fingerprint density at radius 1 is 1.30 bits per heavy atom. The Balaban J connectivity index is 1.80. The van der Waals surface area contributed by atoms with Crippen molar-refractivity contribution in [2.75, 3.05) is 26.8 Å². The van der Waals surface area contributed by atoms with Gasteiger partial charge in [-0.05, 0) is 25.0 Å². The molecule has 0 bridgehead atoms. The number of carboxylic acids is 1. The lowest BCUT2D eigenvalue weighted by Crippen LogP contribution is -2.46. The quantitative estimate of drug-likeness (QED) is 0.811. The van der Waals surface area contributed by atoms with Gasteiger partial charge in [-0.2, -0.15) is 0 Å². The van der Waals surface area contributed by atoms with Crippen molar-refractivity contribution in [1.82, 2.24) is 10.2 Å². The minimum absolute atomic E-state index is 0.00403. The molecule has 0 aromatic carbocycles. The molecule has 2 amide bonds.